The summed E-state index contributed by atoms with van der Waals surface area (Å²) in [6.07, 6.45) is -0.812. The molecule has 15 heavy (non-hydrogen) atoms. The number of methoxy groups -OCH3 is 1. The maximum atomic E-state index is 11.3. The van der Waals surface area contributed by atoms with Crippen LogP contribution in [0.2, 0.25) is 0 Å². The molecular formula is C10H21NO4. The Labute approximate surface area is 90.8 Å². The molecule has 0 bridgehead atoms. The molecule has 2 N–H and O–H groups in total. The van der Waals surface area contributed by atoms with Gasteiger partial charge in [0.15, 0.2) is 0 Å². The van der Waals surface area contributed by atoms with E-state index in [1.807, 2.05) is 0 Å². The van der Waals surface area contributed by atoms with Gasteiger partial charge in [-0.25, -0.2) is 4.79 Å². The lowest BCUT2D eigenvalue weighted by molar-refractivity contribution is 0.0278. The van der Waals surface area contributed by atoms with Crippen LogP contribution in [0.1, 0.15) is 27.7 Å². The number of aliphatic hydroxyl groups is 1. The summed E-state index contributed by atoms with van der Waals surface area (Å²) >= 11 is 0. The number of carbonyl (C=O) groups excluding carboxylic acids is 1. The third-order valence-electron chi connectivity index (χ3n) is 1.84. The maximum Gasteiger partial charge on any atom is 0.408 e. The van der Waals surface area contributed by atoms with E-state index in [0.29, 0.717) is 0 Å². The molecule has 0 saturated heterocycles. The van der Waals surface area contributed by atoms with Gasteiger partial charge in [0, 0.05) is 7.11 Å². The van der Waals surface area contributed by atoms with E-state index in [9.17, 15) is 4.79 Å². The van der Waals surface area contributed by atoms with Gasteiger partial charge in [-0.3, -0.25) is 0 Å². The number of hydrogen-bond donors (Lipinski definition) is 2. The monoisotopic (exact) mass is 219 g/mol. The molecule has 2 atom stereocenters. The van der Waals surface area contributed by atoms with E-state index in [-0.39, 0.29) is 12.7 Å². The molecule has 0 radical (unpaired) electrons. The number of carbonyl (C=O) groups is 1. The summed E-state index contributed by atoms with van der Waals surface area (Å²) in [4.78, 5) is 11.3. The maximum absolute atomic E-state index is 11.3. The van der Waals surface area contributed by atoms with Crippen LogP contribution in [0.3, 0.4) is 0 Å². The molecule has 1 unspecified atom stereocenters. The zero-order chi connectivity index (χ0) is 12.1. The van der Waals surface area contributed by atoms with E-state index in [2.05, 4.69) is 5.32 Å². The highest BCUT2D eigenvalue weighted by molar-refractivity contribution is 5.68. The van der Waals surface area contributed by atoms with E-state index in [1.54, 1.807) is 27.7 Å². The lowest BCUT2D eigenvalue weighted by Crippen LogP contribution is -2.47. The quantitative estimate of drug-likeness (QED) is 0.737. The first-order valence-electron chi connectivity index (χ1n) is 4.93. The zero-order valence-corrected chi connectivity index (χ0v) is 10.0. The molecular weight excluding hydrogens is 198 g/mol. The minimum atomic E-state index is -0.551. The summed E-state index contributed by atoms with van der Waals surface area (Å²) in [6.45, 7) is 6.91. The van der Waals surface area contributed by atoms with Gasteiger partial charge in [-0.05, 0) is 27.7 Å². The van der Waals surface area contributed by atoms with Crippen LogP contribution in [0.25, 0.3) is 0 Å². The molecule has 5 nitrogen and oxygen atoms in total. The van der Waals surface area contributed by atoms with Gasteiger partial charge in [-0.2, -0.15) is 0 Å². The molecule has 0 rings (SSSR count). The molecule has 0 aromatic heterocycles. The highest BCUT2D eigenvalue weighted by Gasteiger charge is 2.22. The van der Waals surface area contributed by atoms with Crippen molar-refractivity contribution in [2.45, 2.75) is 45.4 Å². The van der Waals surface area contributed by atoms with E-state index in [0.717, 1.165) is 0 Å². The van der Waals surface area contributed by atoms with Gasteiger partial charge < -0.3 is 19.9 Å². The van der Waals surface area contributed by atoms with Crippen LogP contribution in [-0.2, 0) is 9.47 Å². The average Bonchev–Trinajstić information content (AvgIpc) is 2.10. The molecule has 0 aliphatic rings. The van der Waals surface area contributed by atoms with Crippen molar-refractivity contribution in [2.24, 2.45) is 0 Å². The Bertz CT molecular complexity index is 200. The highest BCUT2D eigenvalue weighted by Crippen LogP contribution is 2.07. The van der Waals surface area contributed by atoms with Crippen molar-refractivity contribution < 1.29 is 19.4 Å². The molecule has 0 aromatic carbocycles. The van der Waals surface area contributed by atoms with Crippen molar-refractivity contribution in [1.82, 2.24) is 5.32 Å². The molecule has 1 amide bonds. The lowest BCUT2D eigenvalue weighted by Gasteiger charge is -2.25. The standard InChI is InChI=1S/C10H21NO4/c1-7(14-5)8(6-12)11-9(13)15-10(2,3)4/h7-8,12H,6H2,1-5H3,(H,11,13)/t7-,8?/m1/s1. The number of alkyl carbamates (subject to hydrolysis) is 1. The van der Waals surface area contributed by atoms with Crippen molar-refractivity contribution in [3.05, 3.63) is 0 Å². The first-order chi connectivity index (χ1) is 6.80. The molecule has 0 spiro atoms. The summed E-state index contributed by atoms with van der Waals surface area (Å²) in [7, 11) is 1.52. The van der Waals surface area contributed by atoms with Gasteiger partial charge in [0.25, 0.3) is 0 Å². The van der Waals surface area contributed by atoms with E-state index < -0.39 is 17.7 Å². The van der Waals surface area contributed by atoms with Crippen LogP contribution in [0, 0.1) is 0 Å². The summed E-state index contributed by atoms with van der Waals surface area (Å²) in [5.74, 6) is 0. The molecule has 0 aliphatic heterocycles. The first kappa shape index (κ1) is 14.2. The van der Waals surface area contributed by atoms with Crippen molar-refractivity contribution in [3.8, 4) is 0 Å². The highest BCUT2D eigenvalue weighted by atomic mass is 16.6. The van der Waals surface area contributed by atoms with E-state index in [4.69, 9.17) is 14.6 Å². The SMILES string of the molecule is CO[C@H](C)C(CO)NC(=O)OC(C)(C)C. The van der Waals surface area contributed by atoms with Crippen LogP contribution in [0.5, 0.6) is 0 Å². The third-order valence-corrected chi connectivity index (χ3v) is 1.84. The molecule has 0 aromatic rings. The Morgan fingerprint density at radius 3 is 2.33 bits per heavy atom. The summed E-state index contributed by atoms with van der Waals surface area (Å²) < 4.78 is 10.1. The summed E-state index contributed by atoms with van der Waals surface area (Å²) in [5, 5.41) is 11.6. The number of hydrogen-bond acceptors (Lipinski definition) is 4. The molecule has 90 valence electrons. The second kappa shape index (κ2) is 5.92. The number of aliphatic hydroxyl groups excluding tert-OH is 1. The Kier molecular flexibility index (Phi) is 5.60. The van der Waals surface area contributed by atoms with E-state index in [1.165, 1.54) is 7.11 Å². The third kappa shape index (κ3) is 6.30. The minimum absolute atomic E-state index is 0.186. The van der Waals surface area contributed by atoms with E-state index >= 15 is 0 Å². The number of ether oxygens (including phenoxy) is 2. The molecule has 0 saturated carbocycles. The first-order valence-corrected chi connectivity index (χ1v) is 4.93. The van der Waals surface area contributed by atoms with Crippen molar-refractivity contribution in [3.63, 3.8) is 0 Å². The van der Waals surface area contributed by atoms with Gasteiger partial charge in [-0.15, -0.1) is 0 Å². The van der Waals surface area contributed by atoms with Gasteiger partial charge >= 0.3 is 6.09 Å². The Hall–Kier alpha value is -0.810. The number of rotatable bonds is 4. The average molecular weight is 219 g/mol. The lowest BCUT2D eigenvalue weighted by atomic mass is 10.2. The normalized spacial score (nSPS) is 15.6. The van der Waals surface area contributed by atoms with Gasteiger partial charge in [-0.1, -0.05) is 0 Å². The topological polar surface area (TPSA) is 67.8 Å². The molecule has 5 heteroatoms. The second-order valence-electron chi connectivity index (χ2n) is 4.38. The van der Waals surface area contributed by atoms with Crippen molar-refractivity contribution in [2.75, 3.05) is 13.7 Å². The predicted molar refractivity (Wildman–Crippen MR) is 56.7 cm³/mol. The van der Waals surface area contributed by atoms with Crippen LogP contribution in [-0.4, -0.2) is 42.7 Å². The zero-order valence-electron chi connectivity index (χ0n) is 10.0. The Morgan fingerprint density at radius 2 is 2.00 bits per heavy atom. The molecule has 0 heterocycles. The second-order valence-corrected chi connectivity index (χ2v) is 4.38. The minimum Gasteiger partial charge on any atom is -0.444 e. The molecule has 0 fully saturated rings. The van der Waals surface area contributed by atoms with Crippen LogP contribution >= 0.6 is 0 Å². The Balaban J connectivity index is 4.13. The fourth-order valence-electron chi connectivity index (χ4n) is 0.935. The van der Waals surface area contributed by atoms with Crippen LogP contribution < -0.4 is 5.32 Å². The summed E-state index contributed by atoms with van der Waals surface area (Å²) in [5.41, 5.74) is -0.541. The van der Waals surface area contributed by atoms with Gasteiger partial charge in [0.05, 0.1) is 18.8 Å². The number of amides is 1. The van der Waals surface area contributed by atoms with Gasteiger partial charge in [0.1, 0.15) is 5.60 Å². The predicted octanol–water partition coefficient (Wildman–Crippen LogP) is 0.907. The van der Waals surface area contributed by atoms with Crippen LogP contribution in [0.15, 0.2) is 0 Å². The summed E-state index contributed by atoms with van der Waals surface area (Å²) in [6, 6.07) is -0.454. The number of nitrogens with one attached hydrogen (secondary N) is 1. The fraction of sp³-hybridized carbons (Fsp3) is 0.900. The fourth-order valence-corrected chi connectivity index (χ4v) is 0.935. The van der Waals surface area contributed by atoms with Gasteiger partial charge in [0.2, 0.25) is 0 Å². The largest absolute Gasteiger partial charge is 0.444 e. The van der Waals surface area contributed by atoms with Crippen LogP contribution in [0.4, 0.5) is 4.79 Å². The smallest absolute Gasteiger partial charge is 0.408 e. The Morgan fingerprint density at radius 1 is 1.47 bits per heavy atom. The van der Waals surface area contributed by atoms with Crippen molar-refractivity contribution in [1.29, 1.82) is 0 Å². The van der Waals surface area contributed by atoms with Crippen molar-refractivity contribution >= 4 is 6.09 Å². The molecule has 0 aliphatic carbocycles.